The molecule has 0 aliphatic carbocycles. The summed E-state index contributed by atoms with van der Waals surface area (Å²) in [5.41, 5.74) is 1.18. The summed E-state index contributed by atoms with van der Waals surface area (Å²) in [5.74, 6) is 1.76. The third-order valence-electron chi connectivity index (χ3n) is 3.02. The van der Waals surface area contributed by atoms with Gasteiger partial charge in [0.15, 0.2) is 5.88 Å². The molecule has 3 heteroatoms. The number of ether oxygens (including phenoxy) is 1. The summed E-state index contributed by atoms with van der Waals surface area (Å²) in [6.45, 7) is 0.785. The number of amides is 1. The van der Waals surface area contributed by atoms with E-state index in [0.717, 1.165) is 25.1 Å². The normalized spacial score (nSPS) is 19.1. The predicted molar refractivity (Wildman–Crippen MR) is 59.8 cm³/mol. The van der Waals surface area contributed by atoms with E-state index in [-0.39, 0.29) is 5.91 Å². The maximum atomic E-state index is 11.6. The minimum atomic E-state index is 0.172. The van der Waals surface area contributed by atoms with Crippen LogP contribution in [0.4, 0.5) is 0 Å². The number of para-hydroxylation sites is 1. The molecule has 1 fully saturated rings. The quantitative estimate of drug-likeness (QED) is 0.717. The highest BCUT2D eigenvalue weighted by Crippen LogP contribution is 2.28. The van der Waals surface area contributed by atoms with Crippen LogP contribution in [0.3, 0.4) is 0 Å². The third-order valence-corrected chi connectivity index (χ3v) is 3.02. The Labute approximate surface area is 94.3 Å². The van der Waals surface area contributed by atoms with Crippen molar-refractivity contribution < 1.29 is 9.53 Å². The number of nitrogens with zero attached hydrogens (tertiary/aromatic N) is 1. The number of carbonyl (C=O) groups excluding carboxylic acids is 1. The minimum Gasteiger partial charge on any atom is -0.441 e. The van der Waals surface area contributed by atoms with Crippen LogP contribution >= 0.6 is 0 Å². The van der Waals surface area contributed by atoms with Gasteiger partial charge in [0.2, 0.25) is 5.91 Å². The molecule has 0 aromatic heterocycles. The zero-order valence-electron chi connectivity index (χ0n) is 8.98. The van der Waals surface area contributed by atoms with Gasteiger partial charge in [-0.3, -0.25) is 9.69 Å². The van der Waals surface area contributed by atoms with Gasteiger partial charge in [0.05, 0.1) is 0 Å². The molecule has 2 aliphatic heterocycles. The van der Waals surface area contributed by atoms with Crippen LogP contribution < -0.4 is 4.74 Å². The van der Waals surface area contributed by atoms with Gasteiger partial charge in [-0.25, -0.2) is 0 Å². The number of hydrogen-bond acceptors (Lipinski definition) is 2. The smallest absolute Gasteiger partial charge is 0.229 e. The molecule has 3 nitrogen and oxygen atoms in total. The molecule has 1 aromatic rings. The molecule has 0 bridgehead atoms. The molecule has 2 aliphatic rings. The molecule has 0 atom stereocenters. The van der Waals surface area contributed by atoms with Crippen LogP contribution in [0.15, 0.2) is 36.2 Å². The summed E-state index contributed by atoms with van der Waals surface area (Å²) in [6.07, 6.45) is 4.41. The summed E-state index contributed by atoms with van der Waals surface area (Å²) in [4.78, 5) is 13.3. The molecule has 1 amide bonds. The van der Waals surface area contributed by atoms with E-state index in [9.17, 15) is 4.79 Å². The highest BCUT2D eigenvalue weighted by Gasteiger charge is 2.26. The van der Waals surface area contributed by atoms with Crippen LogP contribution in [0, 0.1) is 0 Å². The number of benzene rings is 1. The van der Waals surface area contributed by atoms with Gasteiger partial charge in [-0.05, 0) is 30.5 Å². The number of rotatable bonds is 1. The maximum absolute atomic E-state index is 11.6. The Morgan fingerprint density at radius 2 is 2.12 bits per heavy atom. The lowest BCUT2D eigenvalue weighted by molar-refractivity contribution is -0.127. The van der Waals surface area contributed by atoms with E-state index in [1.807, 2.05) is 24.3 Å². The van der Waals surface area contributed by atoms with Crippen LogP contribution in [0.25, 0.3) is 0 Å². The SMILES string of the molecule is O=C1CCCN1C1=CCc2ccccc2O1. The van der Waals surface area contributed by atoms with Gasteiger partial charge in [0, 0.05) is 13.0 Å². The second kappa shape index (κ2) is 3.67. The largest absolute Gasteiger partial charge is 0.441 e. The summed E-state index contributed by atoms with van der Waals surface area (Å²) in [5, 5.41) is 0. The number of allylic oxidation sites excluding steroid dienone is 1. The fourth-order valence-electron chi connectivity index (χ4n) is 2.17. The fraction of sp³-hybridized carbons (Fsp3) is 0.308. The molecule has 3 rings (SSSR count). The maximum Gasteiger partial charge on any atom is 0.229 e. The van der Waals surface area contributed by atoms with Gasteiger partial charge in [0.25, 0.3) is 0 Å². The second-order valence-electron chi connectivity index (χ2n) is 4.11. The first kappa shape index (κ1) is 9.46. The lowest BCUT2D eigenvalue weighted by Gasteiger charge is -2.24. The van der Waals surface area contributed by atoms with Crippen molar-refractivity contribution in [2.24, 2.45) is 0 Å². The highest BCUT2D eigenvalue weighted by atomic mass is 16.5. The van der Waals surface area contributed by atoms with E-state index in [1.165, 1.54) is 5.56 Å². The van der Waals surface area contributed by atoms with Crippen molar-refractivity contribution >= 4 is 5.91 Å². The van der Waals surface area contributed by atoms with Crippen LogP contribution in [0.1, 0.15) is 18.4 Å². The summed E-state index contributed by atoms with van der Waals surface area (Å²) in [6, 6.07) is 7.95. The number of likely N-dealkylation sites (tertiary alicyclic amines) is 1. The molecule has 0 spiro atoms. The van der Waals surface area contributed by atoms with Crippen molar-refractivity contribution in [3.05, 3.63) is 41.8 Å². The van der Waals surface area contributed by atoms with Gasteiger partial charge < -0.3 is 4.74 Å². The molecule has 82 valence electrons. The molecule has 16 heavy (non-hydrogen) atoms. The van der Waals surface area contributed by atoms with E-state index in [2.05, 4.69) is 6.07 Å². The lowest BCUT2D eigenvalue weighted by atomic mass is 10.1. The van der Waals surface area contributed by atoms with E-state index in [1.54, 1.807) is 4.90 Å². The first-order chi connectivity index (χ1) is 7.84. The fourth-order valence-corrected chi connectivity index (χ4v) is 2.17. The minimum absolute atomic E-state index is 0.172. The number of carbonyl (C=O) groups is 1. The van der Waals surface area contributed by atoms with Crippen LogP contribution in [0.5, 0.6) is 5.75 Å². The first-order valence-electron chi connectivity index (χ1n) is 5.61. The molecule has 2 heterocycles. The summed E-state index contributed by atoms with van der Waals surface area (Å²) >= 11 is 0. The van der Waals surface area contributed by atoms with E-state index < -0.39 is 0 Å². The van der Waals surface area contributed by atoms with Crippen LogP contribution in [0.2, 0.25) is 0 Å². The Bertz CT molecular complexity index is 465. The van der Waals surface area contributed by atoms with Crippen molar-refractivity contribution in [3.63, 3.8) is 0 Å². The standard InChI is InChI=1S/C13H13NO2/c15-12-6-3-9-14(12)13-8-7-10-4-1-2-5-11(10)16-13/h1-2,4-5,8H,3,6-7,9H2. The van der Waals surface area contributed by atoms with Crippen molar-refractivity contribution in [2.75, 3.05) is 6.54 Å². The Morgan fingerprint density at radius 1 is 1.25 bits per heavy atom. The molecule has 0 radical (unpaired) electrons. The lowest BCUT2D eigenvalue weighted by Crippen LogP contribution is -2.28. The average Bonchev–Trinajstić information content (AvgIpc) is 2.75. The van der Waals surface area contributed by atoms with Gasteiger partial charge in [-0.15, -0.1) is 0 Å². The molecule has 1 saturated heterocycles. The van der Waals surface area contributed by atoms with Gasteiger partial charge >= 0.3 is 0 Å². The number of fused-ring (bicyclic) bond motifs is 1. The van der Waals surface area contributed by atoms with Crippen molar-refractivity contribution in [1.29, 1.82) is 0 Å². The van der Waals surface area contributed by atoms with E-state index >= 15 is 0 Å². The van der Waals surface area contributed by atoms with Crippen molar-refractivity contribution in [2.45, 2.75) is 19.3 Å². The molecule has 0 N–H and O–H groups in total. The van der Waals surface area contributed by atoms with Crippen molar-refractivity contribution in [1.82, 2.24) is 4.90 Å². The first-order valence-corrected chi connectivity index (χ1v) is 5.61. The summed E-state index contributed by atoms with van der Waals surface area (Å²) in [7, 11) is 0. The molecule has 1 aromatic carbocycles. The third kappa shape index (κ3) is 1.48. The second-order valence-corrected chi connectivity index (χ2v) is 4.11. The van der Waals surface area contributed by atoms with E-state index in [0.29, 0.717) is 12.3 Å². The van der Waals surface area contributed by atoms with Crippen molar-refractivity contribution in [3.8, 4) is 5.75 Å². The molecular weight excluding hydrogens is 202 g/mol. The Morgan fingerprint density at radius 3 is 2.94 bits per heavy atom. The highest BCUT2D eigenvalue weighted by molar-refractivity contribution is 5.79. The van der Waals surface area contributed by atoms with Crippen LogP contribution in [-0.4, -0.2) is 17.4 Å². The molecular formula is C13H13NO2. The zero-order chi connectivity index (χ0) is 11.0. The van der Waals surface area contributed by atoms with Gasteiger partial charge in [-0.1, -0.05) is 18.2 Å². The van der Waals surface area contributed by atoms with Crippen LogP contribution in [-0.2, 0) is 11.2 Å². The molecule has 0 saturated carbocycles. The Balaban J connectivity index is 1.86. The number of hydrogen-bond donors (Lipinski definition) is 0. The zero-order valence-corrected chi connectivity index (χ0v) is 8.98. The monoisotopic (exact) mass is 215 g/mol. The topological polar surface area (TPSA) is 29.5 Å². The molecule has 0 unspecified atom stereocenters. The average molecular weight is 215 g/mol. The Hall–Kier alpha value is -1.77. The van der Waals surface area contributed by atoms with Gasteiger partial charge in [-0.2, -0.15) is 0 Å². The van der Waals surface area contributed by atoms with E-state index in [4.69, 9.17) is 4.74 Å². The Kier molecular flexibility index (Phi) is 2.17. The summed E-state index contributed by atoms with van der Waals surface area (Å²) < 4.78 is 5.75. The van der Waals surface area contributed by atoms with Gasteiger partial charge in [0.1, 0.15) is 5.75 Å². The predicted octanol–water partition coefficient (Wildman–Crippen LogP) is 2.09.